The van der Waals surface area contributed by atoms with E-state index in [4.69, 9.17) is 13.6 Å². The number of aromatic nitrogens is 2. The topological polar surface area (TPSA) is 64.5 Å². The first-order chi connectivity index (χ1) is 11.9. The van der Waals surface area contributed by atoms with Crippen LogP contribution in [0.1, 0.15) is 44.4 Å². The van der Waals surface area contributed by atoms with Gasteiger partial charge in [-0.05, 0) is 24.5 Å². The highest BCUT2D eigenvalue weighted by Crippen LogP contribution is 2.29. The Kier molecular flexibility index (Phi) is 4.94. The van der Waals surface area contributed by atoms with Crippen LogP contribution < -0.4 is 0 Å². The molecule has 2 aromatic rings. The molecule has 2 aliphatic rings. The van der Waals surface area contributed by atoms with E-state index in [1.54, 1.807) is 6.26 Å². The van der Waals surface area contributed by atoms with Crippen molar-refractivity contribution in [1.29, 1.82) is 0 Å². The van der Waals surface area contributed by atoms with E-state index in [9.17, 15) is 0 Å². The van der Waals surface area contributed by atoms with Crippen molar-refractivity contribution in [3.05, 3.63) is 24.3 Å². The van der Waals surface area contributed by atoms with Gasteiger partial charge in [-0.2, -0.15) is 0 Å². The highest BCUT2D eigenvalue weighted by Gasteiger charge is 2.26. The first kappa shape index (κ1) is 15.8. The Labute approximate surface area is 142 Å². The molecule has 1 aliphatic heterocycles. The molecule has 2 aromatic heterocycles. The molecule has 1 atom stereocenters. The summed E-state index contributed by atoms with van der Waals surface area (Å²) in [5.41, 5.74) is 0. The largest absolute Gasteiger partial charge is 0.459 e. The van der Waals surface area contributed by atoms with E-state index in [2.05, 4.69) is 15.1 Å². The van der Waals surface area contributed by atoms with Crippen molar-refractivity contribution in [1.82, 2.24) is 15.1 Å². The molecule has 0 spiro atoms. The minimum Gasteiger partial charge on any atom is -0.459 e. The Morgan fingerprint density at radius 3 is 2.92 bits per heavy atom. The summed E-state index contributed by atoms with van der Waals surface area (Å²) in [6, 6.07) is 3.64. The van der Waals surface area contributed by atoms with E-state index >= 15 is 0 Å². The van der Waals surface area contributed by atoms with Crippen molar-refractivity contribution < 1.29 is 13.6 Å². The standard InChI is InChI=1S/C18H25N3O3/c1-2-5-14(6-3-1)11-15-12-21(8-10-22-15)13-17-19-20-18(24-17)16-7-4-9-23-16/h4,7,9,14-15H,1-3,5-6,8,10-13H2. The zero-order valence-corrected chi connectivity index (χ0v) is 14.0. The Balaban J connectivity index is 1.31. The lowest BCUT2D eigenvalue weighted by Gasteiger charge is -2.34. The Hall–Kier alpha value is -1.66. The van der Waals surface area contributed by atoms with E-state index in [1.165, 1.54) is 38.5 Å². The van der Waals surface area contributed by atoms with Crippen LogP contribution in [0.2, 0.25) is 0 Å². The molecule has 0 N–H and O–H groups in total. The van der Waals surface area contributed by atoms with E-state index in [0.29, 0.717) is 30.2 Å². The van der Waals surface area contributed by atoms with Gasteiger partial charge in [0.25, 0.3) is 5.89 Å². The maximum Gasteiger partial charge on any atom is 0.283 e. The van der Waals surface area contributed by atoms with Crippen molar-refractivity contribution >= 4 is 0 Å². The molecule has 1 unspecified atom stereocenters. The van der Waals surface area contributed by atoms with Crippen LogP contribution in [0, 0.1) is 5.92 Å². The highest BCUT2D eigenvalue weighted by molar-refractivity contribution is 5.42. The number of rotatable bonds is 5. The van der Waals surface area contributed by atoms with Crippen molar-refractivity contribution in [2.75, 3.05) is 19.7 Å². The monoisotopic (exact) mass is 331 g/mol. The van der Waals surface area contributed by atoms with Gasteiger partial charge in [-0.15, -0.1) is 10.2 Å². The molecule has 0 amide bonds. The number of hydrogen-bond acceptors (Lipinski definition) is 6. The van der Waals surface area contributed by atoms with Gasteiger partial charge in [-0.3, -0.25) is 4.90 Å². The van der Waals surface area contributed by atoms with Gasteiger partial charge >= 0.3 is 0 Å². The minimum atomic E-state index is 0.342. The predicted octanol–water partition coefficient (Wildman–Crippen LogP) is 3.50. The van der Waals surface area contributed by atoms with Crippen LogP contribution in [0.25, 0.3) is 11.7 Å². The van der Waals surface area contributed by atoms with Crippen molar-refractivity contribution in [3.63, 3.8) is 0 Å². The molecule has 1 aliphatic carbocycles. The van der Waals surface area contributed by atoms with Crippen molar-refractivity contribution in [2.24, 2.45) is 5.92 Å². The van der Waals surface area contributed by atoms with Gasteiger partial charge in [0, 0.05) is 13.1 Å². The van der Waals surface area contributed by atoms with Crippen LogP contribution in [-0.4, -0.2) is 40.9 Å². The van der Waals surface area contributed by atoms with Gasteiger partial charge in [0.05, 0.1) is 25.5 Å². The predicted molar refractivity (Wildman–Crippen MR) is 88.2 cm³/mol. The zero-order valence-electron chi connectivity index (χ0n) is 14.0. The number of morpholine rings is 1. The fourth-order valence-electron chi connectivity index (χ4n) is 3.87. The lowest BCUT2D eigenvalue weighted by Crippen LogP contribution is -2.42. The van der Waals surface area contributed by atoms with Gasteiger partial charge in [-0.1, -0.05) is 32.1 Å². The van der Waals surface area contributed by atoms with E-state index in [1.807, 2.05) is 12.1 Å². The number of furan rings is 1. The summed E-state index contributed by atoms with van der Waals surface area (Å²) < 4.78 is 17.0. The molecule has 6 heteroatoms. The smallest absolute Gasteiger partial charge is 0.283 e. The first-order valence-corrected chi connectivity index (χ1v) is 9.07. The van der Waals surface area contributed by atoms with Crippen molar-refractivity contribution in [2.45, 2.75) is 51.2 Å². The number of hydrogen-bond donors (Lipinski definition) is 0. The summed E-state index contributed by atoms with van der Waals surface area (Å²) >= 11 is 0. The maximum atomic E-state index is 5.99. The van der Waals surface area contributed by atoms with Crippen molar-refractivity contribution in [3.8, 4) is 11.7 Å². The van der Waals surface area contributed by atoms with Crippen LogP contribution in [0.15, 0.2) is 27.2 Å². The maximum absolute atomic E-state index is 5.99. The molecule has 0 aromatic carbocycles. The molecule has 4 rings (SSSR count). The van der Waals surface area contributed by atoms with E-state index < -0.39 is 0 Å². The highest BCUT2D eigenvalue weighted by atomic mass is 16.5. The molecule has 3 heterocycles. The van der Waals surface area contributed by atoms with Crippen LogP contribution in [0.4, 0.5) is 0 Å². The molecular formula is C18H25N3O3. The third-order valence-electron chi connectivity index (χ3n) is 5.10. The minimum absolute atomic E-state index is 0.342. The fourth-order valence-corrected chi connectivity index (χ4v) is 3.87. The Bertz CT molecular complexity index is 619. The normalized spacial score (nSPS) is 23.6. The molecule has 24 heavy (non-hydrogen) atoms. The molecule has 130 valence electrons. The molecule has 2 fully saturated rings. The summed E-state index contributed by atoms with van der Waals surface area (Å²) in [7, 11) is 0. The van der Waals surface area contributed by atoms with Gasteiger partial charge in [0.15, 0.2) is 5.76 Å². The third kappa shape index (κ3) is 3.87. The van der Waals surface area contributed by atoms with E-state index in [0.717, 1.165) is 25.6 Å². The summed E-state index contributed by atoms with van der Waals surface area (Å²) in [5.74, 6) is 2.55. The first-order valence-electron chi connectivity index (χ1n) is 9.07. The Morgan fingerprint density at radius 1 is 1.17 bits per heavy atom. The summed E-state index contributed by atoms with van der Waals surface area (Å²) in [6.45, 7) is 3.34. The van der Waals surface area contributed by atoms with Gasteiger partial charge in [0.1, 0.15) is 0 Å². The van der Waals surface area contributed by atoms with Crippen LogP contribution in [0.5, 0.6) is 0 Å². The second-order valence-electron chi connectivity index (χ2n) is 6.95. The fraction of sp³-hybridized carbons (Fsp3) is 0.667. The third-order valence-corrected chi connectivity index (χ3v) is 5.10. The van der Waals surface area contributed by atoms with Gasteiger partial charge in [0.2, 0.25) is 5.89 Å². The SMILES string of the molecule is c1coc(-c2nnc(CN3CCOC(CC4CCCCC4)C3)o2)c1. The Morgan fingerprint density at radius 2 is 2.08 bits per heavy atom. The average molecular weight is 331 g/mol. The molecule has 0 bridgehead atoms. The number of nitrogens with zero attached hydrogens (tertiary/aromatic N) is 3. The molecule has 0 radical (unpaired) electrons. The second-order valence-corrected chi connectivity index (χ2v) is 6.95. The summed E-state index contributed by atoms with van der Waals surface area (Å²) in [5, 5.41) is 8.22. The van der Waals surface area contributed by atoms with Gasteiger partial charge < -0.3 is 13.6 Å². The molecule has 1 saturated carbocycles. The number of ether oxygens (including phenoxy) is 1. The second kappa shape index (κ2) is 7.49. The van der Waals surface area contributed by atoms with Gasteiger partial charge in [-0.25, -0.2) is 0 Å². The van der Waals surface area contributed by atoms with Crippen LogP contribution in [-0.2, 0) is 11.3 Å². The van der Waals surface area contributed by atoms with Crippen LogP contribution in [0.3, 0.4) is 0 Å². The van der Waals surface area contributed by atoms with E-state index in [-0.39, 0.29) is 0 Å². The summed E-state index contributed by atoms with van der Waals surface area (Å²) in [4.78, 5) is 2.36. The quantitative estimate of drug-likeness (QED) is 0.835. The summed E-state index contributed by atoms with van der Waals surface area (Å²) in [6.07, 6.45) is 10.1. The lowest BCUT2D eigenvalue weighted by atomic mass is 9.85. The van der Waals surface area contributed by atoms with Crippen LogP contribution >= 0.6 is 0 Å². The zero-order chi connectivity index (χ0) is 16.2. The lowest BCUT2D eigenvalue weighted by molar-refractivity contribution is -0.0458. The average Bonchev–Trinajstić information content (AvgIpc) is 3.27. The molecule has 1 saturated heterocycles. The molecule has 6 nitrogen and oxygen atoms in total. The molecular weight excluding hydrogens is 306 g/mol.